The van der Waals surface area contributed by atoms with Crippen LogP contribution < -0.4 is 15.5 Å². The summed E-state index contributed by atoms with van der Waals surface area (Å²) < 4.78 is 13.3. The normalized spacial score (nSPS) is 13.7. The van der Waals surface area contributed by atoms with Crippen LogP contribution in [0.25, 0.3) is 0 Å². The van der Waals surface area contributed by atoms with Gasteiger partial charge < -0.3 is 15.5 Å². The number of carbonyl (C=O) groups excluding carboxylic acids is 2. The highest BCUT2D eigenvalue weighted by Gasteiger charge is 2.17. The molecule has 0 unspecified atom stereocenters. The summed E-state index contributed by atoms with van der Waals surface area (Å²) in [5.74, 6) is -0.715. The molecule has 1 aliphatic rings. The first-order valence-electron chi connectivity index (χ1n) is 10.2. The number of nitrogens with one attached hydrogen (secondary N) is 2. The van der Waals surface area contributed by atoms with Crippen molar-refractivity contribution in [3.05, 3.63) is 70.5 Å². The van der Waals surface area contributed by atoms with Crippen LogP contribution in [0.3, 0.4) is 0 Å². The standard InChI is InChI=1S/C23H23FN4O2S/c1-15-12-20(27-22(29)16-6-5-7-17(24)13-16)31-21(15)23(30)26-19-9-8-18(14-25-19)28-10-3-2-4-11-28/h5-9,12-14H,2-4,10-11H2,1H3,(H,27,29)(H,25,26,30). The predicted octanol–water partition coefficient (Wildman–Crippen LogP) is 5.09. The van der Waals surface area contributed by atoms with Crippen molar-refractivity contribution in [1.82, 2.24) is 4.98 Å². The Morgan fingerprint density at radius 2 is 1.84 bits per heavy atom. The Hall–Kier alpha value is -3.26. The molecule has 3 heterocycles. The van der Waals surface area contributed by atoms with Gasteiger partial charge in [-0.2, -0.15) is 0 Å². The highest BCUT2D eigenvalue weighted by atomic mass is 32.1. The average molecular weight is 439 g/mol. The van der Waals surface area contributed by atoms with Crippen LogP contribution in [0.15, 0.2) is 48.7 Å². The molecule has 4 rings (SSSR count). The van der Waals surface area contributed by atoms with E-state index < -0.39 is 11.7 Å². The summed E-state index contributed by atoms with van der Waals surface area (Å²) in [6.45, 7) is 3.87. The minimum Gasteiger partial charge on any atom is -0.370 e. The van der Waals surface area contributed by atoms with Gasteiger partial charge in [0.2, 0.25) is 0 Å². The van der Waals surface area contributed by atoms with Gasteiger partial charge in [-0.1, -0.05) is 6.07 Å². The molecule has 0 atom stereocenters. The van der Waals surface area contributed by atoms with E-state index in [4.69, 9.17) is 0 Å². The fourth-order valence-corrected chi connectivity index (χ4v) is 4.52. The molecule has 8 heteroatoms. The van der Waals surface area contributed by atoms with Crippen molar-refractivity contribution in [2.75, 3.05) is 28.6 Å². The van der Waals surface area contributed by atoms with Gasteiger partial charge in [-0.15, -0.1) is 11.3 Å². The fourth-order valence-electron chi connectivity index (χ4n) is 3.56. The van der Waals surface area contributed by atoms with Crippen LogP contribution in [-0.4, -0.2) is 29.9 Å². The lowest BCUT2D eigenvalue weighted by atomic mass is 10.1. The van der Waals surface area contributed by atoms with E-state index in [0.29, 0.717) is 15.7 Å². The Kier molecular flexibility index (Phi) is 6.27. The number of halogens is 1. The van der Waals surface area contributed by atoms with Crippen molar-refractivity contribution in [2.45, 2.75) is 26.2 Å². The van der Waals surface area contributed by atoms with E-state index >= 15 is 0 Å². The van der Waals surface area contributed by atoms with Crippen molar-refractivity contribution in [3.63, 3.8) is 0 Å². The van der Waals surface area contributed by atoms with Gasteiger partial charge in [0.1, 0.15) is 11.6 Å². The van der Waals surface area contributed by atoms with Crippen LogP contribution in [0.2, 0.25) is 0 Å². The number of rotatable bonds is 5. The third-order valence-electron chi connectivity index (χ3n) is 5.16. The van der Waals surface area contributed by atoms with Crippen LogP contribution in [0, 0.1) is 12.7 Å². The van der Waals surface area contributed by atoms with Gasteiger partial charge in [0.15, 0.2) is 0 Å². The second-order valence-electron chi connectivity index (χ2n) is 7.49. The monoisotopic (exact) mass is 438 g/mol. The van der Waals surface area contributed by atoms with Crippen molar-refractivity contribution in [3.8, 4) is 0 Å². The number of pyridine rings is 1. The third-order valence-corrected chi connectivity index (χ3v) is 6.31. The second-order valence-corrected chi connectivity index (χ2v) is 8.54. The molecule has 2 aromatic heterocycles. The first-order chi connectivity index (χ1) is 15.0. The SMILES string of the molecule is Cc1cc(NC(=O)c2cccc(F)c2)sc1C(=O)Nc1ccc(N2CCCCC2)cn1. The molecule has 0 radical (unpaired) electrons. The van der Waals surface area contributed by atoms with E-state index in [1.807, 2.05) is 6.07 Å². The maximum Gasteiger partial charge on any atom is 0.267 e. The van der Waals surface area contributed by atoms with Gasteiger partial charge in [0.05, 0.1) is 21.8 Å². The van der Waals surface area contributed by atoms with E-state index in [2.05, 4.69) is 20.5 Å². The van der Waals surface area contributed by atoms with Gasteiger partial charge in [0.25, 0.3) is 11.8 Å². The molecule has 0 spiro atoms. The number of benzene rings is 1. The van der Waals surface area contributed by atoms with Crippen molar-refractivity contribution in [1.29, 1.82) is 0 Å². The molecule has 0 bridgehead atoms. The summed E-state index contributed by atoms with van der Waals surface area (Å²) in [5, 5.41) is 6.05. The number of carbonyl (C=O) groups is 2. The first kappa shape index (κ1) is 21.0. The molecule has 0 aliphatic carbocycles. The number of hydrogen-bond acceptors (Lipinski definition) is 5. The molecule has 160 valence electrons. The zero-order valence-corrected chi connectivity index (χ0v) is 18.0. The van der Waals surface area contributed by atoms with Crippen LogP contribution in [0.4, 0.5) is 20.9 Å². The fraction of sp³-hybridized carbons (Fsp3) is 0.261. The Morgan fingerprint density at radius 1 is 1.03 bits per heavy atom. The molecule has 1 aliphatic heterocycles. The van der Waals surface area contributed by atoms with Crippen molar-refractivity contribution < 1.29 is 14.0 Å². The number of amides is 2. The molecule has 6 nitrogen and oxygen atoms in total. The van der Waals surface area contributed by atoms with Gasteiger partial charge in [0, 0.05) is 18.7 Å². The lowest BCUT2D eigenvalue weighted by Gasteiger charge is -2.28. The van der Waals surface area contributed by atoms with E-state index in [9.17, 15) is 14.0 Å². The van der Waals surface area contributed by atoms with Gasteiger partial charge in [-0.3, -0.25) is 9.59 Å². The van der Waals surface area contributed by atoms with Crippen molar-refractivity contribution >= 4 is 39.7 Å². The molecule has 3 aromatic rings. The largest absolute Gasteiger partial charge is 0.370 e. The minimum absolute atomic E-state index is 0.218. The number of piperidine rings is 1. The lowest BCUT2D eigenvalue weighted by molar-refractivity contribution is 0.101. The molecule has 31 heavy (non-hydrogen) atoms. The van der Waals surface area contributed by atoms with E-state index in [0.717, 1.165) is 24.3 Å². The molecule has 0 saturated carbocycles. The molecular weight excluding hydrogens is 415 g/mol. The first-order valence-corrected chi connectivity index (χ1v) is 11.0. The topological polar surface area (TPSA) is 74.3 Å². The van der Waals surface area contributed by atoms with Crippen molar-refractivity contribution in [2.24, 2.45) is 0 Å². The molecule has 2 amide bonds. The average Bonchev–Trinajstić information content (AvgIpc) is 3.15. The zero-order valence-electron chi connectivity index (χ0n) is 17.2. The van der Waals surface area contributed by atoms with Gasteiger partial charge in [-0.25, -0.2) is 9.37 Å². The predicted molar refractivity (Wildman–Crippen MR) is 122 cm³/mol. The molecule has 2 N–H and O–H groups in total. The van der Waals surface area contributed by atoms with Gasteiger partial charge in [-0.05, 0) is 68.1 Å². The highest BCUT2D eigenvalue weighted by molar-refractivity contribution is 7.18. The Bertz CT molecular complexity index is 1090. The minimum atomic E-state index is -0.478. The van der Waals surface area contributed by atoms with Crippen LogP contribution in [-0.2, 0) is 0 Å². The summed E-state index contributed by atoms with van der Waals surface area (Å²) in [6.07, 6.45) is 5.43. The van der Waals surface area contributed by atoms with Crippen LogP contribution in [0.1, 0.15) is 44.9 Å². The number of aromatic nitrogens is 1. The smallest absolute Gasteiger partial charge is 0.267 e. The second kappa shape index (κ2) is 9.26. The summed E-state index contributed by atoms with van der Waals surface area (Å²) >= 11 is 1.17. The summed E-state index contributed by atoms with van der Waals surface area (Å²) in [4.78, 5) is 32.2. The van der Waals surface area contributed by atoms with Crippen LogP contribution in [0.5, 0.6) is 0 Å². The summed E-state index contributed by atoms with van der Waals surface area (Å²) in [6, 6.07) is 11.0. The number of nitrogens with zero attached hydrogens (tertiary/aromatic N) is 2. The van der Waals surface area contributed by atoms with E-state index in [-0.39, 0.29) is 11.5 Å². The number of thiophene rings is 1. The number of hydrogen-bond donors (Lipinski definition) is 2. The van der Waals surface area contributed by atoms with Crippen LogP contribution >= 0.6 is 11.3 Å². The van der Waals surface area contributed by atoms with E-state index in [1.54, 1.807) is 25.3 Å². The highest BCUT2D eigenvalue weighted by Crippen LogP contribution is 2.28. The zero-order chi connectivity index (χ0) is 21.8. The Balaban J connectivity index is 1.41. The molecular formula is C23H23FN4O2S. The Morgan fingerprint density at radius 3 is 2.55 bits per heavy atom. The quantitative estimate of drug-likeness (QED) is 0.582. The number of aryl methyl sites for hydroxylation is 1. The Labute approximate surface area is 184 Å². The maximum atomic E-state index is 13.3. The summed E-state index contributed by atoms with van der Waals surface area (Å²) in [7, 11) is 0. The molecule has 1 fully saturated rings. The van der Waals surface area contributed by atoms with E-state index in [1.165, 1.54) is 54.9 Å². The number of anilines is 3. The molecule has 1 aromatic carbocycles. The third kappa shape index (κ3) is 5.08. The summed E-state index contributed by atoms with van der Waals surface area (Å²) in [5.41, 5.74) is 2.02. The maximum absolute atomic E-state index is 13.3. The van der Waals surface area contributed by atoms with Gasteiger partial charge >= 0.3 is 0 Å². The lowest BCUT2D eigenvalue weighted by Crippen LogP contribution is -2.29. The molecule has 1 saturated heterocycles.